The van der Waals surface area contributed by atoms with E-state index in [2.05, 4.69) is 4.52 Å². The molecule has 2 atom stereocenters. The van der Waals surface area contributed by atoms with Gasteiger partial charge in [0, 0.05) is 0 Å². The van der Waals surface area contributed by atoms with Crippen LogP contribution in [0.4, 0.5) is 0 Å². The van der Waals surface area contributed by atoms with Crippen LogP contribution >= 0.6 is 7.82 Å². The Morgan fingerprint density at radius 2 is 1.74 bits per heavy atom. The van der Waals surface area contributed by atoms with Gasteiger partial charge in [0.1, 0.15) is 0 Å². The van der Waals surface area contributed by atoms with Gasteiger partial charge in [-0.25, -0.2) is 4.57 Å². The second-order valence-electron chi connectivity index (χ2n) is 5.25. The summed E-state index contributed by atoms with van der Waals surface area (Å²) in [5.41, 5.74) is 0. The molecule has 114 valence electrons. The van der Waals surface area contributed by atoms with E-state index in [0.717, 1.165) is 12.8 Å². The van der Waals surface area contributed by atoms with Gasteiger partial charge in [-0.2, -0.15) is 0 Å². The molecule has 0 aromatic rings. The quantitative estimate of drug-likeness (QED) is 0.524. The van der Waals surface area contributed by atoms with Crippen LogP contribution in [0, 0.1) is 5.92 Å². The van der Waals surface area contributed by atoms with Crippen molar-refractivity contribution in [2.45, 2.75) is 38.4 Å². The number of nitrogens with zero attached hydrogens (tertiary/aromatic N) is 1. The molecular weight excluding hydrogens is 269 g/mol. The average Bonchev–Trinajstić information content (AvgIpc) is 2.66. The van der Waals surface area contributed by atoms with Crippen LogP contribution in [0.3, 0.4) is 0 Å². The van der Waals surface area contributed by atoms with Gasteiger partial charge in [-0.1, -0.05) is 12.2 Å². The SMILES string of the molecule is CC(OP(=O)(O)O)C(O)CC1CC=CC1.CN(C)C. The smallest absolute Gasteiger partial charge is 0.390 e. The maximum atomic E-state index is 10.5. The summed E-state index contributed by atoms with van der Waals surface area (Å²) >= 11 is 0. The highest BCUT2D eigenvalue weighted by atomic mass is 31.2. The van der Waals surface area contributed by atoms with Crippen molar-refractivity contribution in [2.75, 3.05) is 21.1 Å². The minimum atomic E-state index is -4.50. The lowest BCUT2D eigenvalue weighted by atomic mass is 9.97. The highest BCUT2D eigenvalue weighted by molar-refractivity contribution is 7.46. The average molecular weight is 295 g/mol. The molecule has 19 heavy (non-hydrogen) atoms. The Bertz CT molecular complexity index is 304. The van der Waals surface area contributed by atoms with Gasteiger partial charge in [-0.05, 0) is 53.2 Å². The predicted octanol–water partition coefficient (Wildman–Crippen LogP) is 1.38. The fourth-order valence-corrected chi connectivity index (χ4v) is 2.26. The first kappa shape index (κ1) is 18.8. The number of allylic oxidation sites excluding steroid dienone is 2. The Morgan fingerprint density at radius 3 is 2.11 bits per heavy atom. The van der Waals surface area contributed by atoms with Crippen molar-refractivity contribution < 1.29 is 24.0 Å². The van der Waals surface area contributed by atoms with E-state index in [0.29, 0.717) is 12.3 Å². The van der Waals surface area contributed by atoms with Crippen molar-refractivity contribution in [1.29, 1.82) is 0 Å². The van der Waals surface area contributed by atoms with Crippen molar-refractivity contribution in [2.24, 2.45) is 5.92 Å². The summed E-state index contributed by atoms with van der Waals surface area (Å²) in [7, 11) is 1.50. The van der Waals surface area contributed by atoms with Crippen LogP contribution in [0.1, 0.15) is 26.2 Å². The van der Waals surface area contributed by atoms with Crippen molar-refractivity contribution in [1.82, 2.24) is 4.90 Å². The van der Waals surface area contributed by atoms with Crippen LogP contribution in [0.15, 0.2) is 12.2 Å². The largest absolute Gasteiger partial charge is 0.469 e. The number of rotatable bonds is 5. The maximum Gasteiger partial charge on any atom is 0.469 e. The highest BCUT2D eigenvalue weighted by Gasteiger charge is 2.26. The number of hydrogen-bond acceptors (Lipinski definition) is 4. The minimum absolute atomic E-state index is 0.364. The van der Waals surface area contributed by atoms with Gasteiger partial charge in [0.25, 0.3) is 0 Å². The van der Waals surface area contributed by atoms with Crippen LogP contribution in [-0.4, -0.2) is 53.1 Å². The Balaban J connectivity index is 0.000000711. The van der Waals surface area contributed by atoms with Crippen LogP contribution in [0.5, 0.6) is 0 Å². The molecule has 0 saturated heterocycles. The molecule has 6 nitrogen and oxygen atoms in total. The van der Waals surface area contributed by atoms with E-state index >= 15 is 0 Å². The first-order chi connectivity index (χ1) is 8.61. The molecule has 3 N–H and O–H groups in total. The zero-order chi connectivity index (χ0) is 15.1. The normalized spacial score (nSPS) is 19.2. The summed E-state index contributed by atoms with van der Waals surface area (Å²) in [4.78, 5) is 19.1. The third kappa shape index (κ3) is 11.3. The zero-order valence-corrected chi connectivity index (χ0v) is 13.0. The Morgan fingerprint density at radius 1 is 1.32 bits per heavy atom. The van der Waals surface area contributed by atoms with Crippen molar-refractivity contribution in [3.05, 3.63) is 12.2 Å². The molecule has 0 amide bonds. The van der Waals surface area contributed by atoms with E-state index in [-0.39, 0.29) is 0 Å². The number of aliphatic hydroxyl groups excluding tert-OH is 1. The van der Waals surface area contributed by atoms with Crippen molar-refractivity contribution >= 4 is 7.82 Å². The standard InChI is InChI=1S/C9H17O5P.C3H9N/c1-7(14-15(11,12)13)9(10)6-8-4-2-3-5-8;1-4(2)3/h2-3,7-10H,4-6H2,1H3,(H2,11,12,13);1-3H3. The molecule has 0 saturated carbocycles. The van der Waals surface area contributed by atoms with Gasteiger partial charge in [0.2, 0.25) is 0 Å². The van der Waals surface area contributed by atoms with Crippen molar-refractivity contribution in [3.63, 3.8) is 0 Å². The van der Waals surface area contributed by atoms with Crippen LogP contribution in [0.2, 0.25) is 0 Å². The Kier molecular flexibility index (Phi) is 8.74. The Hall–Kier alpha value is -0.230. The summed E-state index contributed by atoms with van der Waals surface area (Å²) in [5, 5.41) is 9.65. The molecule has 0 aliphatic heterocycles. The first-order valence-electron chi connectivity index (χ1n) is 6.29. The molecule has 1 rings (SSSR count). The molecule has 0 heterocycles. The molecule has 2 unspecified atom stereocenters. The van der Waals surface area contributed by atoms with E-state index in [9.17, 15) is 9.67 Å². The number of aliphatic hydroxyl groups is 1. The second kappa shape index (κ2) is 8.84. The number of phosphoric acid groups is 1. The van der Waals surface area contributed by atoms with Crippen LogP contribution in [0.25, 0.3) is 0 Å². The zero-order valence-electron chi connectivity index (χ0n) is 12.1. The number of hydrogen-bond donors (Lipinski definition) is 3. The summed E-state index contributed by atoms with van der Waals surface area (Å²) in [6, 6.07) is 0. The van der Waals surface area contributed by atoms with E-state index in [1.165, 1.54) is 6.92 Å². The van der Waals surface area contributed by atoms with Crippen LogP contribution in [-0.2, 0) is 9.09 Å². The lowest BCUT2D eigenvalue weighted by molar-refractivity contribution is 0.0147. The molecule has 7 heteroatoms. The minimum Gasteiger partial charge on any atom is -0.390 e. The molecule has 0 bridgehead atoms. The van der Waals surface area contributed by atoms with Gasteiger partial charge in [-0.15, -0.1) is 0 Å². The molecule has 0 radical (unpaired) electrons. The molecule has 1 aliphatic rings. The molecule has 0 fully saturated rings. The summed E-state index contributed by atoms with van der Waals surface area (Å²) in [6.45, 7) is 1.46. The van der Waals surface area contributed by atoms with Gasteiger partial charge in [0.15, 0.2) is 0 Å². The van der Waals surface area contributed by atoms with Crippen LogP contribution < -0.4 is 0 Å². The lowest BCUT2D eigenvalue weighted by Gasteiger charge is -2.22. The molecule has 0 aromatic carbocycles. The third-order valence-corrected chi connectivity index (χ3v) is 3.13. The van der Waals surface area contributed by atoms with E-state index in [1.54, 1.807) is 0 Å². The highest BCUT2D eigenvalue weighted by Crippen LogP contribution is 2.39. The molecule has 0 spiro atoms. The van der Waals surface area contributed by atoms with E-state index < -0.39 is 20.0 Å². The van der Waals surface area contributed by atoms with Gasteiger partial charge in [0.05, 0.1) is 12.2 Å². The number of phosphoric ester groups is 1. The monoisotopic (exact) mass is 295 g/mol. The molecular formula is C12H26NO5P. The third-order valence-electron chi connectivity index (χ3n) is 2.53. The molecule has 0 aromatic heterocycles. The topological polar surface area (TPSA) is 90.2 Å². The predicted molar refractivity (Wildman–Crippen MR) is 74.7 cm³/mol. The summed E-state index contributed by atoms with van der Waals surface area (Å²) in [5.74, 6) is 0.364. The first-order valence-corrected chi connectivity index (χ1v) is 7.82. The van der Waals surface area contributed by atoms with Crippen molar-refractivity contribution in [3.8, 4) is 0 Å². The summed E-state index contributed by atoms with van der Waals surface area (Å²) < 4.78 is 14.9. The maximum absolute atomic E-state index is 10.5. The van der Waals surface area contributed by atoms with Gasteiger partial charge >= 0.3 is 7.82 Å². The van der Waals surface area contributed by atoms with Gasteiger partial charge in [-0.3, -0.25) is 4.52 Å². The fraction of sp³-hybridized carbons (Fsp3) is 0.833. The molecule has 1 aliphatic carbocycles. The summed E-state index contributed by atoms with van der Waals surface area (Å²) in [6.07, 6.45) is 4.76. The van der Waals surface area contributed by atoms with Gasteiger partial charge < -0.3 is 19.8 Å². The Labute approximate surface area is 115 Å². The van der Waals surface area contributed by atoms with E-state index in [4.69, 9.17) is 9.79 Å². The fourth-order valence-electron chi connectivity index (χ4n) is 1.69. The van der Waals surface area contributed by atoms with E-state index in [1.807, 2.05) is 38.2 Å². The second-order valence-corrected chi connectivity index (χ2v) is 6.45. The lowest BCUT2D eigenvalue weighted by Crippen LogP contribution is -2.27.